The highest BCUT2D eigenvalue weighted by Crippen LogP contribution is 2.30. The second-order valence-corrected chi connectivity index (χ2v) is 22.8. The number of primary amides is 3. The third kappa shape index (κ3) is 18.2. The summed E-state index contributed by atoms with van der Waals surface area (Å²) in [6.07, 6.45) is 0. The average molecular weight is 1230 g/mol. The van der Waals surface area contributed by atoms with E-state index in [1.165, 1.54) is 53.7 Å². The summed E-state index contributed by atoms with van der Waals surface area (Å²) in [5.41, 5.74) is 22.1. The van der Waals surface area contributed by atoms with Crippen LogP contribution in [0.3, 0.4) is 0 Å². The SMILES string of the molecule is C[C@H](NCC(=O)N(CC(=O)N(CC(=O)N(CC(=O)N(CC(=O)N(CC(=O)N(CC(N)=O)[C@@H](C)c1ccccc1)[C@@H](C)c1ccc(C(N)=O)cc1)[C@@H](C)c1ccc(C(N)=O)cc1)[C@@H](C)c1ccccc1)[C@@H](C)c1ccccc1)[C@@H](C)c1ccccc1)c1ccccc1. The number of benzene rings is 7. The highest BCUT2D eigenvalue weighted by atomic mass is 16.2. The van der Waals surface area contributed by atoms with E-state index in [9.17, 15) is 24.0 Å². The highest BCUT2D eigenvalue weighted by molar-refractivity contribution is 5.95. The molecule has 19 heteroatoms. The molecule has 0 heterocycles. The minimum absolute atomic E-state index is 0.108. The Hall–Kier alpha value is -10.3. The fraction of sp³-hybridized carbons (Fsp3) is 0.292. The van der Waals surface area contributed by atoms with Crippen molar-refractivity contribution in [2.75, 3.05) is 45.8 Å². The van der Waals surface area contributed by atoms with E-state index in [0.717, 1.165) is 11.1 Å². The first-order chi connectivity index (χ1) is 43.5. The Morgan fingerprint density at radius 1 is 0.286 bits per heavy atom. The van der Waals surface area contributed by atoms with Crippen LogP contribution in [0.4, 0.5) is 0 Å². The molecule has 7 rings (SSSR count). The van der Waals surface area contributed by atoms with Crippen LogP contribution in [0.15, 0.2) is 200 Å². The van der Waals surface area contributed by atoms with E-state index in [0.29, 0.717) is 27.8 Å². The summed E-state index contributed by atoms with van der Waals surface area (Å²) in [6, 6.07) is 53.6. The molecular weight excluding hydrogens is 1150 g/mol. The number of nitrogens with two attached hydrogens (primary N) is 3. The van der Waals surface area contributed by atoms with Crippen LogP contribution in [-0.4, -0.2) is 128 Å². The first-order valence-corrected chi connectivity index (χ1v) is 30.4. The number of hydrogen-bond donors (Lipinski definition) is 4. The summed E-state index contributed by atoms with van der Waals surface area (Å²) >= 11 is 0. The van der Waals surface area contributed by atoms with E-state index in [2.05, 4.69) is 5.32 Å². The van der Waals surface area contributed by atoms with Crippen LogP contribution in [0.25, 0.3) is 0 Å². The largest absolute Gasteiger partial charge is 0.368 e. The van der Waals surface area contributed by atoms with E-state index >= 15 is 19.2 Å². The van der Waals surface area contributed by atoms with Crippen LogP contribution in [0.5, 0.6) is 0 Å². The second-order valence-electron chi connectivity index (χ2n) is 22.8. The molecule has 0 saturated carbocycles. The molecule has 0 aromatic heterocycles. The Morgan fingerprint density at radius 2 is 0.495 bits per heavy atom. The van der Waals surface area contributed by atoms with Gasteiger partial charge in [-0.3, -0.25) is 43.2 Å². The molecular formula is C72H82N10O9. The van der Waals surface area contributed by atoms with Crippen molar-refractivity contribution < 1.29 is 43.2 Å². The van der Waals surface area contributed by atoms with Crippen molar-refractivity contribution in [1.29, 1.82) is 0 Å². The maximum Gasteiger partial charge on any atom is 0.248 e. The van der Waals surface area contributed by atoms with Gasteiger partial charge in [0.2, 0.25) is 53.2 Å². The molecule has 0 bridgehead atoms. The maximum atomic E-state index is 15.8. The van der Waals surface area contributed by atoms with Gasteiger partial charge in [0.15, 0.2) is 0 Å². The number of nitrogens with one attached hydrogen (secondary N) is 1. The normalized spacial score (nSPS) is 13.4. The molecule has 0 saturated heterocycles. The Labute approximate surface area is 532 Å². The zero-order chi connectivity index (χ0) is 65.9. The van der Waals surface area contributed by atoms with Crippen molar-refractivity contribution in [2.45, 2.75) is 90.8 Å². The number of hydrogen-bond acceptors (Lipinski definition) is 10. The zero-order valence-corrected chi connectivity index (χ0v) is 52.6. The molecule has 0 radical (unpaired) electrons. The summed E-state index contributed by atoms with van der Waals surface area (Å²) in [5, 5.41) is 3.33. The molecule has 7 atom stereocenters. The summed E-state index contributed by atoms with van der Waals surface area (Å²) in [5.74, 6) is -5.80. The predicted octanol–water partition coefficient (Wildman–Crippen LogP) is 8.56. The van der Waals surface area contributed by atoms with Gasteiger partial charge >= 0.3 is 0 Å². The first kappa shape index (κ1) is 68.2. The number of carbonyl (C=O) groups is 9. The molecule has 7 N–H and O–H groups in total. The van der Waals surface area contributed by atoms with Gasteiger partial charge in [0.05, 0.1) is 49.3 Å². The van der Waals surface area contributed by atoms with E-state index in [1.807, 2.05) is 129 Å². The molecule has 0 unspecified atom stereocenters. The van der Waals surface area contributed by atoms with Crippen molar-refractivity contribution in [1.82, 2.24) is 34.7 Å². The van der Waals surface area contributed by atoms with Crippen molar-refractivity contribution in [3.05, 3.63) is 250 Å². The fourth-order valence-corrected chi connectivity index (χ4v) is 11.1. The number of amides is 9. The lowest BCUT2D eigenvalue weighted by Gasteiger charge is -2.38. The standard InChI is InChI=1S/C72H82N10O9/c1-48(55-23-13-8-14-24-55)76-41-65(84)78(50(3)57-27-17-10-18-28-57)43-67(86)79(51(4)58-29-19-11-20-30-58)45-68(87)80(52(5)59-31-21-12-22-32-59)46-69(88)82(54(7)61-35-39-63(40-36-61)72(75)91)47-70(89)81(53(6)60-33-37-62(38-34-60)71(74)90)44-66(85)77(42-64(73)83)49(2)56-25-15-9-16-26-56/h8-40,48-54,76H,41-47H2,1-7H3,(H2,73,83)(H2,74,90)(H2,75,91)/t48-,49-,50-,51-,52-,53-,54-/m0/s1. The van der Waals surface area contributed by atoms with Gasteiger partial charge in [0.25, 0.3) is 0 Å². The van der Waals surface area contributed by atoms with Crippen LogP contribution < -0.4 is 22.5 Å². The number of rotatable bonds is 30. The van der Waals surface area contributed by atoms with Crippen LogP contribution >= 0.6 is 0 Å². The van der Waals surface area contributed by atoms with Gasteiger partial charge in [-0.15, -0.1) is 0 Å². The Balaban J connectivity index is 1.28. The topological polar surface area (TPSA) is 263 Å². The summed E-state index contributed by atoms with van der Waals surface area (Å²) < 4.78 is 0. The Bertz CT molecular complexity index is 3600. The molecule has 7 aromatic rings. The summed E-state index contributed by atoms with van der Waals surface area (Å²) in [6.45, 7) is 8.92. The average Bonchev–Trinajstić information content (AvgIpc) is 1.07. The molecule has 0 aliphatic carbocycles. The lowest BCUT2D eigenvalue weighted by molar-refractivity contribution is -0.152. The second kappa shape index (κ2) is 32.3. The van der Waals surface area contributed by atoms with Crippen LogP contribution in [0.1, 0.15) is 150 Å². The van der Waals surface area contributed by atoms with Gasteiger partial charge in [-0.05, 0) is 112 Å². The lowest BCUT2D eigenvalue weighted by atomic mass is 10.0. The van der Waals surface area contributed by atoms with Crippen LogP contribution in [0.2, 0.25) is 0 Å². The van der Waals surface area contributed by atoms with E-state index in [-0.39, 0.29) is 29.6 Å². The third-order valence-corrected chi connectivity index (χ3v) is 16.9. The van der Waals surface area contributed by atoms with Gasteiger partial charge < -0.3 is 51.9 Å². The van der Waals surface area contributed by atoms with Crippen molar-refractivity contribution in [3.8, 4) is 0 Å². The minimum atomic E-state index is -0.953. The minimum Gasteiger partial charge on any atom is -0.368 e. The van der Waals surface area contributed by atoms with Crippen LogP contribution in [-0.2, 0) is 33.6 Å². The van der Waals surface area contributed by atoms with Gasteiger partial charge in [-0.2, -0.15) is 0 Å². The van der Waals surface area contributed by atoms with Crippen molar-refractivity contribution in [3.63, 3.8) is 0 Å². The van der Waals surface area contributed by atoms with Crippen molar-refractivity contribution >= 4 is 53.2 Å². The van der Waals surface area contributed by atoms with E-state index in [1.54, 1.807) is 95.3 Å². The predicted molar refractivity (Wildman–Crippen MR) is 349 cm³/mol. The van der Waals surface area contributed by atoms with Crippen LogP contribution in [0, 0.1) is 0 Å². The fourth-order valence-electron chi connectivity index (χ4n) is 11.1. The van der Waals surface area contributed by atoms with Gasteiger partial charge in [0.1, 0.15) is 32.7 Å². The summed E-state index contributed by atoms with van der Waals surface area (Å²) in [4.78, 5) is 137. The molecule has 91 heavy (non-hydrogen) atoms. The molecule has 0 aliphatic rings. The molecule has 7 aromatic carbocycles. The Morgan fingerprint density at radius 3 is 0.725 bits per heavy atom. The number of carbonyl (C=O) groups excluding carboxylic acids is 9. The number of nitrogens with zero attached hydrogens (tertiary/aromatic N) is 6. The Kier molecular flexibility index (Phi) is 24.2. The molecule has 474 valence electrons. The summed E-state index contributed by atoms with van der Waals surface area (Å²) in [7, 11) is 0. The first-order valence-electron chi connectivity index (χ1n) is 30.4. The molecule has 19 nitrogen and oxygen atoms in total. The molecule has 0 spiro atoms. The smallest absolute Gasteiger partial charge is 0.248 e. The van der Waals surface area contributed by atoms with E-state index < -0.39 is 123 Å². The van der Waals surface area contributed by atoms with Gasteiger partial charge in [-0.1, -0.05) is 176 Å². The molecule has 9 amide bonds. The lowest BCUT2D eigenvalue weighted by Crippen LogP contribution is -2.53. The highest BCUT2D eigenvalue weighted by Gasteiger charge is 2.37. The van der Waals surface area contributed by atoms with Gasteiger partial charge in [-0.25, -0.2) is 0 Å². The quantitative estimate of drug-likeness (QED) is 0.0333. The maximum absolute atomic E-state index is 15.8. The van der Waals surface area contributed by atoms with Crippen molar-refractivity contribution in [2.24, 2.45) is 17.2 Å². The monoisotopic (exact) mass is 1230 g/mol. The third-order valence-electron chi connectivity index (χ3n) is 16.9. The van der Waals surface area contributed by atoms with E-state index in [4.69, 9.17) is 17.2 Å². The zero-order valence-electron chi connectivity index (χ0n) is 52.6. The molecule has 0 fully saturated rings. The van der Waals surface area contributed by atoms with Gasteiger partial charge in [0, 0.05) is 17.2 Å². The molecule has 0 aliphatic heterocycles.